The highest BCUT2D eigenvalue weighted by atomic mass is 16.2. The van der Waals surface area contributed by atoms with Gasteiger partial charge in [0.15, 0.2) is 5.78 Å². The number of carbonyl (C=O) groups is 2. The number of rotatable bonds is 10. The number of ketones is 1. The minimum atomic E-state index is -0.215. The Kier molecular flexibility index (Phi) is 12.8. The molecule has 8 rings (SSSR count). The second-order valence-corrected chi connectivity index (χ2v) is 16.1. The van der Waals surface area contributed by atoms with Crippen molar-refractivity contribution in [1.29, 1.82) is 0 Å². The van der Waals surface area contributed by atoms with Crippen LogP contribution in [0.4, 0.5) is 11.6 Å². The normalized spacial score (nSPS) is 13.2. The van der Waals surface area contributed by atoms with Gasteiger partial charge in [0.25, 0.3) is 5.56 Å². The summed E-state index contributed by atoms with van der Waals surface area (Å²) < 4.78 is 1.44. The zero-order chi connectivity index (χ0) is 44.1. The molecule has 0 bridgehead atoms. The topological polar surface area (TPSA) is 135 Å². The number of allylic oxidation sites excluding steroid dienone is 4. The maximum Gasteiger partial charge on any atom is 0.251 e. The predicted octanol–water partition coefficient (Wildman–Crippen LogP) is 9.67. The fourth-order valence-electron chi connectivity index (χ4n) is 7.38. The first-order valence-corrected chi connectivity index (χ1v) is 20.8. The number of aryl methyl sites for hydroxylation is 4. The number of pyridine rings is 1. The van der Waals surface area contributed by atoms with Gasteiger partial charge in [-0.25, -0.2) is 19.9 Å². The standard InChI is InChI=1S/C27H29N5O2.C24H23N3O/c1-17-7-6-8-20(13-17)18(2)28-27-23-14-21(9-11-24(23)29-19(3)30-27)22-10-12-25(33)32(15-22)16-26(34)31(4)5;1-15-5-4-6-19(13-15)16(2)25-24-22-14-20(18-7-10-21(28)11-8-18)9-12-23(22)26-17(3)27-24/h6-15,18H,16H2,1-5H3,(H,28,29,30);4-10,12-14,16H,11H2,1-3H3,(H,25,26,27)/t18-;16-/m11/s1. The lowest BCUT2D eigenvalue weighted by Crippen LogP contribution is -2.31. The molecule has 3 aromatic heterocycles. The first-order valence-electron chi connectivity index (χ1n) is 20.8. The van der Waals surface area contributed by atoms with E-state index >= 15 is 0 Å². The fraction of sp³-hybridized carbons (Fsp3) is 0.235. The SMILES string of the molecule is Cc1cccc([C@@H](C)Nc2nc(C)nc3ccc(-c4ccc(=O)n(CC(=O)N(C)C)c4)cc23)c1.Cc1cccc([C@@H](C)Nc2nc(C)nc3ccc(C4=CCC(=O)C=C4)cc23)c1. The highest BCUT2D eigenvalue weighted by Crippen LogP contribution is 2.31. The molecule has 314 valence electrons. The molecule has 1 amide bonds. The molecule has 0 aliphatic heterocycles. The van der Waals surface area contributed by atoms with Crippen LogP contribution in [0.5, 0.6) is 0 Å². The Morgan fingerprint density at radius 3 is 1.71 bits per heavy atom. The molecule has 0 spiro atoms. The third kappa shape index (κ3) is 10.2. The fourth-order valence-corrected chi connectivity index (χ4v) is 7.38. The molecule has 62 heavy (non-hydrogen) atoms. The largest absolute Gasteiger partial charge is 0.363 e. The Bertz CT molecular complexity index is 2950. The van der Waals surface area contributed by atoms with Crippen molar-refractivity contribution in [2.45, 2.75) is 66.6 Å². The van der Waals surface area contributed by atoms with Crippen LogP contribution >= 0.6 is 0 Å². The van der Waals surface area contributed by atoms with Crippen LogP contribution in [-0.4, -0.2) is 55.2 Å². The quantitative estimate of drug-likeness (QED) is 0.138. The van der Waals surface area contributed by atoms with E-state index in [1.54, 1.807) is 32.4 Å². The summed E-state index contributed by atoms with van der Waals surface area (Å²) >= 11 is 0. The van der Waals surface area contributed by atoms with Crippen molar-refractivity contribution >= 4 is 50.7 Å². The van der Waals surface area contributed by atoms with Gasteiger partial charge in [-0.3, -0.25) is 14.4 Å². The molecular formula is C51H52N8O3. The number of nitrogens with zero attached hydrogens (tertiary/aromatic N) is 6. The Balaban J connectivity index is 0.000000190. The van der Waals surface area contributed by atoms with Crippen molar-refractivity contribution in [2.24, 2.45) is 0 Å². The maximum atomic E-state index is 12.3. The number of nitrogens with one attached hydrogen (secondary N) is 2. The lowest BCUT2D eigenvalue weighted by atomic mass is 9.97. The van der Waals surface area contributed by atoms with Crippen LogP contribution in [0.25, 0.3) is 38.5 Å². The van der Waals surface area contributed by atoms with E-state index in [4.69, 9.17) is 0 Å². The zero-order valence-corrected chi connectivity index (χ0v) is 36.5. The molecule has 0 saturated carbocycles. The number of hydrogen-bond acceptors (Lipinski definition) is 9. The van der Waals surface area contributed by atoms with Crippen LogP contribution in [0.3, 0.4) is 0 Å². The summed E-state index contributed by atoms with van der Waals surface area (Å²) in [6, 6.07) is 32.5. The molecular weight excluding hydrogens is 773 g/mol. The number of aromatic nitrogens is 5. The molecule has 11 heteroatoms. The molecule has 3 heterocycles. The summed E-state index contributed by atoms with van der Waals surface area (Å²) in [6.45, 7) is 12.2. The molecule has 2 atom stereocenters. The van der Waals surface area contributed by atoms with Crippen LogP contribution < -0.4 is 16.2 Å². The summed E-state index contributed by atoms with van der Waals surface area (Å²) in [6.07, 6.45) is 7.67. The second kappa shape index (κ2) is 18.6. The van der Waals surface area contributed by atoms with E-state index in [1.165, 1.54) is 37.8 Å². The Hall–Kier alpha value is -7.27. The van der Waals surface area contributed by atoms with E-state index in [-0.39, 0.29) is 35.9 Å². The monoisotopic (exact) mass is 824 g/mol. The van der Waals surface area contributed by atoms with Crippen molar-refractivity contribution < 1.29 is 9.59 Å². The Morgan fingerprint density at radius 1 is 0.661 bits per heavy atom. The van der Waals surface area contributed by atoms with Crippen molar-refractivity contribution in [1.82, 2.24) is 29.4 Å². The Morgan fingerprint density at radius 2 is 1.19 bits per heavy atom. The number of hydrogen-bond donors (Lipinski definition) is 2. The molecule has 4 aromatic carbocycles. The predicted molar refractivity (Wildman–Crippen MR) is 250 cm³/mol. The average molecular weight is 825 g/mol. The summed E-state index contributed by atoms with van der Waals surface area (Å²) in [7, 11) is 3.35. The first kappa shape index (κ1) is 42.8. The molecule has 7 aromatic rings. The van der Waals surface area contributed by atoms with Gasteiger partial charge in [0.05, 0.1) is 11.0 Å². The summed E-state index contributed by atoms with van der Waals surface area (Å²) in [5.41, 5.74) is 10.3. The van der Waals surface area contributed by atoms with E-state index in [2.05, 4.69) is 119 Å². The van der Waals surface area contributed by atoms with E-state index < -0.39 is 0 Å². The molecule has 2 N–H and O–H groups in total. The molecule has 1 aliphatic carbocycles. The zero-order valence-electron chi connectivity index (χ0n) is 36.5. The molecule has 0 saturated heterocycles. The molecule has 0 unspecified atom stereocenters. The number of anilines is 2. The summed E-state index contributed by atoms with van der Waals surface area (Å²) in [5.74, 6) is 3.01. The van der Waals surface area contributed by atoms with Crippen LogP contribution in [0.1, 0.15) is 71.8 Å². The number of amides is 1. The van der Waals surface area contributed by atoms with Crippen LogP contribution in [0.15, 0.2) is 126 Å². The van der Waals surface area contributed by atoms with Gasteiger partial charge in [-0.1, -0.05) is 83.9 Å². The van der Waals surface area contributed by atoms with Crippen LogP contribution in [0, 0.1) is 27.7 Å². The van der Waals surface area contributed by atoms with Crippen molar-refractivity contribution in [3.05, 3.63) is 171 Å². The highest BCUT2D eigenvalue weighted by Gasteiger charge is 2.16. The van der Waals surface area contributed by atoms with Crippen molar-refractivity contribution in [3.63, 3.8) is 0 Å². The molecule has 1 aliphatic rings. The van der Waals surface area contributed by atoms with Gasteiger partial charge in [-0.05, 0) is 111 Å². The van der Waals surface area contributed by atoms with Crippen LogP contribution in [-0.2, 0) is 16.1 Å². The summed E-state index contributed by atoms with van der Waals surface area (Å²) in [4.78, 5) is 55.9. The van der Waals surface area contributed by atoms with E-state index in [0.717, 1.165) is 61.5 Å². The van der Waals surface area contributed by atoms with Gasteiger partial charge in [-0.15, -0.1) is 0 Å². The number of carbonyl (C=O) groups excluding carboxylic acids is 2. The third-order valence-corrected chi connectivity index (χ3v) is 10.8. The van der Waals surface area contributed by atoms with Gasteiger partial charge in [-0.2, -0.15) is 0 Å². The Labute approximate surface area is 362 Å². The smallest absolute Gasteiger partial charge is 0.251 e. The van der Waals surface area contributed by atoms with Gasteiger partial charge >= 0.3 is 0 Å². The lowest BCUT2D eigenvalue weighted by molar-refractivity contribution is -0.129. The third-order valence-electron chi connectivity index (χ3n) is 10.8. The number of fused-ring (bicyclic) bond motifs is 2. The minimum Gasteiger partial charge on any atom is -0.363 e. The van der Waals surface area contributed by atoms with E-state index in [9.17, 15) is 14.4 Å². The van der Waals surface area contributed by atoms with Crippen molar-refractivity contribution in [2.75, 3.05) is 24.7 Å². The average Bonchev–Trinajstić information content (AvgIpc) is 3.24. The minimum absolute atomic E-state index is 0.00360. The van der Waals surface area contributed by atoms with Crippen molar-refractivity contribution in [3.8, 4) is 11.1 Å². The van der Waals surface area contributed by atoms with Crippen LogP contribution in [0.2, 0.25) is 0 Å². The lowest BCUT2D eigenvalue weighted by Gasteiger charge is -2.18. The van der Waals surface area contributed by atoms with Gasteiger partial charge in [0.1, 0.15) is 29.8 Å². The van der Waals surface area contributed by atoms with Gasteiger partial charge in [0, 0.05) is 55.6 Å². The second-order valence-electron chi connectivity index (χ2n) is 16.1. The van der Waals surface area contributed by atoms with Gasteiger partial charge < -0.3 is 20.1 Å². The van der Waals surface area contributed by atoms with E-state index in [0.29, 0.717) is 12.2 Å². The molecule has 0 fully saturated rings. The molecule has 0 radical (unpaired) electrons. The number of likely N-dealkylation sites (N-methyl/N-ethyl adjacent to an activating group) is 1. The molecule has 11 nitrogen and oxygen atoms in total. The van der Waals surface area contributed by atoms with Gasteiger partial charge in [0.2, 0.25) is 5.91 Å². The van der Waals surface area contributed by atoms with E-state index in [1.807, 2.05) is 50.3 Å². The number of benzene rings is 4. The first-order chi connectivity index (χ1) is 29.7. The summed E-state index contributed by atoms with van der Waals surface area (Å²) in [5, 5.41) is 8.99. The highest BCUT2D eigenvalue weighted by molar-refractivity contribution is 5.99. The maximum absolute atomic E-state index is 12.3.